The number of unbranched alkanes of at least 4 members (excludes halogenated alkanes) is 34. The van der Waals surface area contributed by atoms with E-state index in [-0.39, 0.29) is 24.9 Å². The van der Waals surface area contributed by atoms with Crippen LogP contribution < -0.4 is 10.2 Å². The molecule has 0 aliphatic rings. The molecule has 0 fully saturated rings. The molecule has 0 aliphatic heterocycles. The number of hydrogen-bond donors (Lipinski definition) is 1. The molecular weight excluding hydrogens is 1140 g/mol. The topological polar surface area (TPSA) is 114 Å². The summed E-state index contributed by atoms with van der Waals surface area (Å²) < 4.78 is 30.5. The Labute approximate surface area is 563 Å². The van der Waals surface area contributed by atoms with Gasteiger partial charge in [0.15, 0.2) is 0 Å². The van der Waals surface area contributed by atoms with E-state index in [2.05, 4.69) is 135 Å². The van der Waals surface area contributed by atoms with Crippen molar-refractivity contribution >= 4 is 19.7 Å². The molecule has 0 heterocycles. The molecular formula is C81H143N2O7P. The fourth-order valence-corrected chi connectivity index (χ4v) is 11.3. The van der Waals surface area contributed by atoms with Crippen molar-refractivity contribution in [2.75, 3.05) is 40.9 Å². The molecule has 3 unspecified atom stereocenters. The van der Waals surface area contributed by atoms with Crippen molar-refractivity contribution < 1.29 is 37.3 Å². The number of esters is 1. The molecule has 1 amide bonds. The Morgan fingerprint density at radius 3 is 1.08 bits per heavy atom. The first kappa shape index (κ1) is 87.4. The molecule has 524 valence electrons. The van der Waals surface area contributed by atoms with Gasteiger partial charge in [0.25, 0.3) is 7.82 Å². The van der Waals surface area contributed by atoms with E-state index in [9.17, 15) is 19.0 Å². The van der Waals surface area contributed by atoms with Gasteiger partial charge in [0, 0.05) is 12.8 Å². The summed E-state index contributed by atoms with van der Waals surface area (Å²) in [5.74, 6) is -0.549. The van der Waals surface area contributed by atoms with E-state index in [4.69, 9.17) is 13.8 Å². The molecule has 91 heavy (non-hydrogen) atoms. The summed E-state index contributed by atoms with van der Waals surface area (Å²) in [6.07, 6.45) is 97.5. The number of rotatable bonds is 68. The standard InChI is InChI=1S/C81H143N2O7P/c1-7-10-13-16-19-22-25-28-30-32-34-36-38-40-41-43-45-47-49-51-53-56-59-62-65-68-71-74-81(85)90-79(72-69-66-63-60-57-54-27-24-21-18-15-12-9-3)78(77-89-91(86,87)88-76-75-83(4,5)6)82-80(84)73-70-67-64-61-58-55-52-50-48-46-44-42-39-37-35-33-31-29-26-23-20-17-14-11-8-2/h10,13,19-20,22-23,28-31,34-37,40-42,44,69,72,78-79H,7-9,11-12,14-18,21,24-27,32-33,38-39,43,45-68,70-71,73-77H2,1-6H3,(H-,82,84,86,87)/b13-10-,22-19-,23-20-,30-28-,31-29-,36-34-,37-35-,41-40-,44-42-,72-69+. The highest BCUT2D eigenvalue weighted by Gasteiger charge is 2.27. The van der Waals surface area contributed by atoms with E-state index >= 15 is 0 Å². The van der Waals surface area contributed by atoms with Gasteiger partial charge in [-0.3, -0.25) is 14.2 Å². The van der Waals surface area contributed by atoms with Crippen molar-refractivity contribution in [2.24, 2.45) is 0 Å². The minimum atomic E-state index is -4.72. The Morgan fingerprint density at radius 1 is 0.396 bits per heavy atom. The van der Waals surface area contributed by atoms with Gasteiger partial charge in [-0.1, -0.05) is 316 Å². The number of carbonyl (C=O) groups is 2. The lowest BCUT2D eigenvalue weighted by Crippen LogP contribution is -2.47. The number of amides is 1. The molecule has 0 bridgehead atoms. The number of likely N-dealkylation sites (N-methyl/N-ethyl adjacent to an activating group) is 1. The van der Waals surface area contributed by atoms with Crippen molar-refractivity contribution in [1.29, 1.82) is 0 Å². The number of nitrogens with one attached hydrogen (secondary N) is 1. The Kier molecular flexibility index (Phi) is 66.5. The monoisotopic (exact) mass is 1290 g/mol. The SMILES string of the molecule is CC/C=C\C/C=C\C/C=C\C/C=C\C/C=C\CCCCCCCCCCCCCC(=O)OC(/C=C/CCCCCCCCCCCCC)C(COP(=O)([O-])OCC[N+](C)(C)C)NC(=O)CCCCCCCCCCC/C=C\C/C=C\C/C=C\C/C=C\CCCCC. The van der Waals surface area contributed by atoms with Crippen LogP contribution in [0.15, 0.2) is 122 Å². The first-order chi connectivity index (χ1) is 44.4. The van der Waals surface area contributed by atoms with Crippen LogP contribution in [0.25, 0.3) is 0 Å². The normalized spacial score (nSPS) is 14.1. The van der Waals surface area contributed by atoms with Gasteiger partial charge in [-0.15, -0.1) is 0 Å². The lowest BCUT2D eigenvalue weighted by molar-refractivity contribution is -0.870. The van der Waals surface area contributed by atoms with E-state index in [0.29, 0.717) is 17.4 Å². The van der Waals surface area contributed by atoms with E-state index in [1.54, 1.807) is 0 Å². The lowest BCUT2D eigenvalue weighted by Gasteiger charge is -2.30. The predicted molar refractivity (Wildman–Crippen MR) is 394 cm³/mol. The van der Waals surface area contributed by atoms with Crippen molar-refractivity contribution in [3.63, 3.8) is 0 Å². The van der Waals surface area contributed by atoms with Crippen molar-refractivity contribution in [2.45, 2.75) is 341 Å². The fraction of sp³-hybridized carbons (Fsp3) is 0.728. The second-order valence-corrected chi connectivity index (χ2v) is 27.8. The van der Waals surface area contributed by atoms with Gasteiger partial charge in [-0.05, 0) is 122 Å². The molecule has 9 nitrogen and oxygen atoms in total. The molecule has 1 N–H and O–H groups in total. The van der Waals surface area contributed by atoms with Crippen LogP contribution in [0.1, 0.15) is 329 Å². The molecule has 0 saturated carbocycles. The Bertz CT molecular complexity index is 1970. The maximum Gasteiger partial charge on any atom is 0.306 e. The molecule has 0 saturated heterocycles. The minimum Gasteiger partial charge on any atom is -0.756 e. The second-order valence-electron chi connectivity index (χ2n) is 26.4. The number of quaternary nitrogens is 1. The number of ether oxygens (including phenoxy) is 1. The zero-order valence-corrected chi connectivity index (χ0v) is 60.9. The predicted octanol–water partition coefficient (Wildman–Crippen LogP) is 23.9. The maximum absolute atomic E-state index is 13.6. The molecule has 0 aromatic carbocycles. The van der Waals surface area contributed by atoms with Crippen molar-refractivity contribution in [1.82, 2.24) is 5.32 Å². The van der Waals surface area contributed by atoms with Crippen LogP contribution in [-0.2, 0) is 27.9 Å². The van der Waals surface area contributed by atoms with E-state index in [1.165, 1.54) is 161 Å². The highest BCUT2D eigenvalue weighted by atomic mass is 31.2. The third kappa shape index (κ3) is 70.6. The molecule has 0 radical (unpaired) electrons. The average molecular weight is 1290 g/mol. The van der Waals surface area contributed by atoms with Crippen LogP contribution in [0.2, 0.25) is 0 Å². The van der Waals surface area contributed by atoms with Crippen LogP contribution in [-0.4, -0.2) is 69.4 Å². The molecule has 3 atom stereocenters. The summed E-state index contributed by atoms with van der Waals surface area (Å²) in [5, 5.41) is 3.05. The van der Waals surface area contributed by atoms with Gasteiger partial charge in [0.05, 0.1) is 33.8 Å². The summed E-state index contributed by atoms with van der Waals surface area (Å²) in [6.45, 7) is 6.72. The van der Waals surface area contributed by atoms with Gasteiger partial charge in [-0.2, -0.15) is 0 Å². The van der Waals surface area contributed by atoms with Gasteiger partial charge in [-0.25, -0.2) is 0 Å². The minimum absolute atomic E-state index is 0.0290. The van der Waals surface area contributed by atoms with Crippen molar-refractivity contribution in [3.8, 4) is 0 Å². The van der Waals surface area contributed by atoms with Gasteiger partial charge >= 0.3 is 5.97 Å². The molecule has 0 aromatic heterocycles. The third-order valence-corrected chi connectivity index (χ3v) is 17.3. The number of nitrogens with zero attached hydrogens (tertiary/aromatic N) is 1. The van der Waals surface area contributed by atoms with Gasteiger partial charge in [0.2, 0.25) is 5.91 Å². The number of hydrogen-bond acceptors (Lipinski definition) is 7. The van der Waals surface area contributed by atoms with Crippen LogP contribution >= 0.6 is 7.82 Å². The quantitative estimate of drug-likeness (QED) is 0.0212. The second kappa shape index (κ2) is 69.2. The Hall–Kier alpha value is -3.59. The number of phosphoric acid groups is 1. The average Bonchev–Trinajstić information content (AvgIpc) is 3.73. The summed E-state index contributed by atoms with van der Waals surface area (Å²) in [7, 11) is 1.17. The number of phosphoric ester groups is 1. The summed E-state index contributed by atoms with van der Waals surface area (Å²) in [4.78, 5) is 40.3. The van der Waals surface area contributed by atoms with Crippen LogP contribution in [0.3, 0.4) is 0 Å². The summed E-state index contributed by atoms with van der Waals surface area (Å²) >= 11 is 0. The van der Waals surface area contributed by atoms with Crippen LogP contribution in [0.4, 0.5) is 0 Å². The Morgan fingerprint density at radius 2 is 0.703 bits per heavy atom. The van der Waals surface area contributed by atoms with Gasteiger partial charge in [0.1, 0.15) is 19.3 Å². The smallest absolute Gasteiger partial charge is 0.306 e. The first-order valence-corrected chi connectivity index (χ1v) is 39.3. The highest BCUT2D eigenvalue weighted by Crippen LogP contribution is 2.38. The van der Waals surface area contributed by atoms with E-state index in [1.807, 2.05) is 33.3 Å². The zero-order valence-electron chi connectivity index (χ0n) is 60.0. The van der Waals surface area contributed by atoms with E-state index in [0.717, 1.165) is 135 Å². The maximum atomic E-state index is 13.6. The zero-order chi connectivity index (χ0) is 66.3. The first-order valence-electron chi connectivity index (χ1n) is 37.8. The van der Waals surface area contributed by atoms with Gasteiger partial charge < -0.3 is 28.5 Å². The van der Waals surface area contributed by atoms with Crippen molar-refractivity contribution in [3.05, 3.63) is 122 Å². The largest absolute Gasteiger partial charge is 0.756 e. The molecule has 0 spiro atoms. The summed E-state index contributed by atoms with van der Waals surface area (Å²) in [6, 6.07) is -0.902. The van der Waals surface area contributed by atoms with Crippen LogP contribution in [0, 0.1) is 0 Å². The molecule has 10 heteroatoms. The highest BCUT2D eigenvalue weighted by molar-refractivity contribution is 7.45. The molecule has 0 aromatic rings. The molecule has 0 aliphatic carbocycles. The lowest BCUT2D eigenvalue weighted by atomic mass is 10.0. The van der Waals surface area contributed by atoms with E-state index < -0.39 is 26.6 Å². The number of carbonyl (C=O) groups excluding carboxylic acids is 2. The third-order valence-electron chi connectivity index (χ3n) is 16.4. The van der Waals surface area contributed by atoms with Crippen LogP contribution in [0.5, 0.6) is 0 Å². The molecule has 0 rings (SSSR count). The summed E-state index contributed by atoms with van der Waals surface area (Å²) in [5.41, 5.74) is 0. The fourth-order valence-electron chi connectivity index (χ4n) is 10.6. The number of allylic oxidation sites excluding steroid dienone is 19. The Balaban J connectivity index is 5.07.